The lowest BCUT2D eigenvalue weighted by Crippen LogP contribution is -2.04. The fourth-order valence-corrected chi connectivity index (χ4v) is 2.20. The highest BCUT2D eigenvalue weighted by molar-refractivity contribution is 9.10. The van der Waals surface area contributed by atoms with Crippen molar-refractivity contribution >= 4 is 33.1 Å². The van der Waals surface area contributed by atoms with E-state index in [1.165, 1.54) is 0 Å². The first kappa shape index (κ1) is 11.5. The van der Waals surface area contributed by atoms with Gasteiger partial charge in [-0.05, 0) is 15.9 Å². The molecule has 2 heterocycles. The molecule has 0 spiro atoms. The van der Waals surface area contributed by atoms with Crippen molar-refractivity contribution in [3.8, 4) is 0 Å². The molecule has 0 unspecified atom stereocenters. The van der Waals surface area contributed by atoms with Crippen molar-refractivity contribution in [3.63, 3.8) is 0 Å². The van der Waals surface area contributed by atoms with E-state index >= 15 is 0 Å². The van der Waals surface area contributed by atoms with Crippen molar-refractivity contribution in [2.75, 3.05) is 5.32 Å². The Labute approximate surface area is 106 Å². The Balaban J connectivity index is 2.06. The number of rotatable bonds is 4. The zero-order chi connectivity index (χ0) is 11.4. The molecule has 0 radical (unpaired) electrons. The number of halogens is 1. The summed E-state index contributed by atoms with van der Waals surface area (Å²) in [5.41, 5.74) is 0. The Morgan fingerprint density at radius 2 is 2.31 bits per heavy atom. The number of nitrogens with zero attached hydrogens (tertiary/aromatic N) is 3. The molecule has 2 aromatic rings. The lowest BCUT2D eigenvalue weighted by molar-refractivity contribution is 0.920. The smallest absolute Gasteiger partial charge is 0.131 e. The Morgan fingerprint density at radius 1 is 1.44 bits per heavy atom. The minimum Gasteiger partial charge on any atom is -0.363 e. The molecular formula is C10H11BrN4S. The normalized spacial score (nSPS) is 10.4. The van der Waals surface area contributed by atoms with Crippen LogP contribution in [0.15, 0.2) is 22.2 Å². The van der Waals surface area contributed by atoms with Gasteiger partial charge in [-0.3, -0.25) is 0 Å². The summed E-state index contributed by atoms with van der Waals surface area (Å²) < 4.78 is 0.806. The van der Waals surface area contributed by atoms with Gasteiger partial charge >= 0.3 is 0 Å². The van der Waals surface area contributed by atoms with Crippen molar-refractivity contribution in [2.45, 2.75) is 19.9 Å². The van der Waals surface area contributed by atoms with Crippen LogP contribution >= 0.6 is 27.3 Å². The Bertz CT molecular complexity index is 458. The van der Waals surface area contributed by atoms with E-state index in [0.29, 0.717) is 6.54 Å². The van der Waals surface area contributed by atoms with Gasteiger partial charge in [-0.1, -0.05) is 6.92 Å². The third-order valence-corrected chi connectivity index (χ3v) is 3.15. The van der Waals surface area contributed by atoms with Gasteiger partial charge in [-0.15, -0.1) is 11.3 Å². The molecule has 0 atom stereocenters. The molecule has 0 saturated carbocycles. The number of thiazole rings is 1. The summed E-state index contributed by atoms with van der Waals surface area (Å²) in [6, 6.07) is 1.87. The van der Waals surface area contributed by atoms with Gasteiger partial charge in [-0.2, -0.15) is 0 Å². The number of anilines is 1. The molecule has 4 nitrogen and oxygen atoms in total. The molecule has 0 aliphatic rings. The molecule has 2 rings (SSSR count). The molecule has 6 heteroatoms. The predicted octanol–water partition coefficient (Wildman–Crippen LogP) is 2.87. The van der Waals surface area contributed by atoms with Crippen molar-refractivity contribution in [1.82, 2.24) is 15.0 Å². The third kappa shape index (κ3) is 2.99. The molecule has 0 saturated heterocycles. The number of hydrogen-bond donors (Lipinski definition) is 1. The van der Waals surface area contributed by atoms with Gasteiger partial charge in [0.1, 0.15) is 21.3 Å². The summed E-state index contributed by atoms with van der Waals surface area (Å²) in [5.74, 6) is 1.66. The average Bonchev–Trinajstić information content (AvgIpc) is 2.78. The summed E-state index contributed by atoms with van der Waals surface area (Å²) in [6.45, 7) is 2.73. The molecule has 0 aliphatic carbocycles. The zero-order valence-electron chi connectivity index (χ0n) is 8.77. The minimum atomic E-state index is 0.699. The molecule has 84 valence electrons. The van der Waals surface area contributed by atoms with Crippen LogP contribution in [0.5, 0.6) is 0 Å². The van der Waals surface area contributed by atoms with E-state index in [-0.39, 0.29) is 0 Å². The molecule has 0 aliphatic heterocycles. The number of aromatic nitrogens is 3. The van der Waals surface area contributed by atoms with Crippen LogP contribution in [-0.2, 0) is 13.0 Å². The van der Waals surface area contributed by atoms with E-state index in [9.17, 15) is 0 Å². The maximum absolute atomic E-state index is 4.38. The van der Waals surface area contributed by atoms with Gasteiger partial charge in [0.15, 0.2) is 0 Å². The largest absolute Gasteiger partial charge is 0.363 e. The predicted molar refractivity (Wildman–Crippen MR) is 68.6 cm³/mol. The van der Waals surface area contributed by atoms with Crippen molar-refractivity contribution in [1.29, 1.82) is 0 Å². The first-order valence-electron chi connectivity index (χ1n) is 4.93. The second kappa shape index (κ2) is 5.36. The van der Waals surface area contributed by atoms with Gasteiger partial charge in [0.2, 0.25) is 0 Å². The SMILES string of the molecule is CCc1nc(Br)cc(NCc2nccs2)n1. The average molecular weight is 299 g/mol. The highest BCUT2D eigenvalue weighted by Gasteiger charge is 2.02. The summed E-state index contributed by atoms with van der Waals surface area (Å²) in [5, 5.41) is 6.24. The quantitative estimate of drug-likeness (QED) is 0.882. The molecule has 0 amide bonds. The van der Waals surface area contributed by atoms with Gasteiger partial charge < -0.3 is 5.32 Å². The third-order valence-electron chi connectivity index (χ3n) is 1.96. The second-order valence-electron chi connectivity index (χ2n) is 3.13. The van der Waals surface area contributed by atoms with Crippen molar-refractivity contribution in [2.24, 2.45) is 0 Å². The fraction of sp³-hybridized carbons (Fsp3) is 0.300. The van der Waals surface area contributed by atoms with Crippen LogP contribution in [0.4, 0.5) is 5.82 Å². The molecule has 0 fully saturated rings. The molecule has 16 heavy (non-hydrogen) atoms. The van der Waals surface area contributed by atoms with E-state index in [2.05, 4.69) is 36.2 Å². The summed E-state index contributed by atoms with van der Waals surface area (Å²) >= 11 is 5.00. The molecule has 1 N–H and O–H groups in total. The molecular weight excluding hydrogens is 288 g/mol. The minimum absolute atomic E-state index is 0.699. The fourth-order valence-electron chi connectivity index (χ4n) is 1.22. The van der Waals surface area contributed by atoms with E-state index in [1.807, 2.05) is 18.4 Å². The Hall–Kier alpha value is -1.01. The van der Waals surface area contributed by atoms with Crippen LogP contribution in [-0.4, -0.2) is 15.0 Å². The second-order valence-corrected chi connectivity index (χ2v) is 4.92. The van der Waals surface area contributed by atoms with E-state index in [4.69, 9.17) is 0 Å². The highest BCUT2D eigenvalue weighted by atomic mass is 79.9. The van der Waals surface area contributed by atoms with E-state index < -0.39 is 0 Å². The number of nitrogens with one attached hydrogen (secondary N) is 1. The maximum atomic E-state index is 4.38. The van der Waals surface area contributed by atoms with Crippen LogP contribution < -0.4 is 5.32 Å². The molecule has 0 bridgehead atoms. The van der Waals surface area contributed by atoms with Crippen molar-refractivity contribution < 1.29 is 0 Å². The number of aryl methyl sites for hydroxylation is 1. The Kier molecular flexibility index (Phi) is 3.84. The van der Waals surface area contributed by atoms with Crippen LogP contribution in [0.25, 0.3) is 0 Å². The topological polar surface area (TPSA) is 50.7 Å². The first-order chi connectivity index (χ1) is 7.78. The summed E-state index contributed by atoms with van der Waals surface area (Å²) in [6.07, 6.45) is 2.63. The van der Waals surface area contributed by atoms with Crippen molar-refractivity contribution in [3.05, 3.63) is 33.1 Å². The van der Waals surface area contributed by atoms with Crippen LogP contribution in [0.1, 0.15) is 17.8 Å². The lowest BCUT2D eigenvalue weighted by atomic mass is 10.4. The van der Waals surface area contributed by atoms with Crippen LogP contribution in [0.3, 0.4) is 0 Å². The molecule has 2 aromatic heterocycles. The maximum Gasteiger partial charge on any atom is 0.131 e. The van der Waals surface area contributed by atoms with E-state index in [1.54, 1.807) is 17.5 Å². The van der Waals surface area contributed by atoms with Gasteiger partial charge in [0.05, 0.1) is 6.54 Å². The van der Waals surface area contributed by atoms with E-state index in [0.717, 1.165) is 27.7 Å². The standard InChI is InChI=1S/C10H11BrN4S/c1-2-8-14-7(11)5-9(15-8)13-6-10-12-3-4-16-10/h3-5H,2,6H2,1H3,(H,13,14,15). The zero-order valence-corrected chi connectivity index (χ0v) is 11.2. The van der Waals surface area contributed by atoms with Gasteiger partial charge in [0, 0.05) is 24.1 Å². The lowest BCUT2D eigenvalue weighted by Gasteiger charge is -2.05. The monoisotopic (exact) mass is 298 g/mol. The summed E-state index contributed by atoms with van der Waals surface area (Å²) in [4.78, 5) is 12.8. The van der Waals surface area contributed by atoms with Gasteiger partial charge in [-0.25, -0.2) is 15.0 Å². The van der Waals surface area contributed by atoms with Crippen LogP contribution in [0.2, 0.25) is 0 Å². The molecule has 0 aromatic carbocycles. The number of hydrogen-bond acceptors (Lipinski definition) is 5. The summed E-state index contributed by atoms with van der Waals surface area (Å²) in [7, 11) is 0. The highest BCUT2D eigenvalue weighted by Crippen LogP contribution is 2.14. The Morgan fingerprint density at radius 3 is 3.00 bits per heavy atom. The first-order valence-corrected chi connectivity index (χ1v) is 6.61. The van der Waals surface area contributed by atoms with Gasteiger partial charge in [0.25, 0.3) is 0 Å². The van der Waals surface area contributed by atoms with Crippen LogP contribution in [0, 0.1) is 0 Å².